The average Bonchev–Trinajstić information content (AvgIpc) is 2.45. The number of nitrogens with one attached hydrogen (secondary N) is 2. The maximum Gasteiger partial charge on any atom is 0.326 e. The lowest BCUT2D eigenvalue weighted by molar-refractivity contribution is -0.141. The Balaban J connectivity index is 2.46. The molecule has 21 heavy (non-hydrogen) atoms. The number of rotatable bonds is 7. The standard InChI is InChI=1S/C14H17ClN2O4/c1-2-3-11(14(20)21)17-12(18)8-16-13(19)9-4-6-10(15)7-5-9/h4-7,11H,2-3,8H2,1H3,(H,16,19)(H,17,18)(H,20,21)/t11-/m0/s1. The van der Waals surface area contributed by atoms with Gasteiger partial charge in [-0.15, -0.1) is 0 Å². The van der Waals surface area contributed by atoms with E-state index in [4.69, 9.17) is 16.7 Å². The maximum absolute atomic E-state index is 11.8. The maximum atomic E-state index is 11.8. The minimum Gasteiger partial charge on any atom is -0.480 e. The van der Waals surface area contributed by atoms with Crippen LogP contribution < -0.4 is 10.6 Å². The van der Waals surface area contributed by atoms with Crippen LogP contribution in [0.5, 0.6) is 0 Å². The van der Waals surface area contributed by atoms with Crippen molar-refractivity contribution in [1.82, 2.24) is 10.6 Å². The first-order valence-corrected chi connectivity index (χ1v) is 6.87. The molecule has 1 atom stereocenters. The number of carboxylic acids is 1. The van der Waals surface area contributed by atoms with E-state index in [0.717, 1.165) is 0 Å². The Bertz CT molecular complexity index is 516. The summed E-state index contributed by atoms with van der Waals surface area (Å²) in [5.74, 6) is -2.06. The summed E-state index contributed by atoms with van der Waals surface area (Å²) < 4.78 is 0. The van der Waals surface area contributed by atoms with Gasteiger partial charge >= 0.3 is 5.97 Å². The lowest BCUT2D eigenvalue weighted by atomic mass is 10.1. The molecule has 3 N–H and O–H groups in total. The number of carbonyl (C=O) groups is 3. The Hall–Kier alpha value is -2.08. The highest BCUT2D eigenvalue weighted by Gasteiger charge is 2.18. The Kier molecular flexibility index (Phi) is 6.68. The normalized spacial score (nSPS) is 11.5. The molecular weight excluding hydrogens is 296 g/mol. The topological polar surface area (TPSA) is 95.5 Å². The minimum absolute atomic E-state index is 0.283. The van der Waals surface area contributed by atoms with E-state index < -0.39 is 23.8 Å². The fraction of sp³-hybridized carbons (Fsp3) is 0.357. The number of halogens is 1. The van der Waals surface area contributed by atoms with Gasteiger partial charge in [-0.3, -0.25) is 9.59 Å². The van der Waals surface area contributed by atoms with Crippen molar-refractivity contribution in [3.63, 3.8) is 0 Å². The second-order valence-corrected chi connectivity index (χ2v) is 4.87. The number of aliphatic carboxylic acids is 1. The van der Waals surface area contributed by atoms with Crippen LogP contribution in [0.25, 0.3) is 0 Å². The third kappa shape index (κ3) is 5.83. The van der Waals surface area contributed by atoms with Crippen molar-refractivity contribution in [2.45, 2.75) is 25.8 Å². The summed E-state index contributed by atoms with van der Waals surface area (Å²) in [6.45, 7) is 1.54. The lowest BCUT2D eigenvalue weighted by Gasteiger charge is -2.13. The summed E-state index contributed by atoms with van der Waals surface area (Å²) >= 11 is 5.71. The molecule has 0 aliphatic heterocycles. The predicted octanol–water partition coefficient (Wildman–Crippen LogP) is 1.44. The third-order valence-electron chi connectivity index (χ3n) is 2.73. The molecule has 114 valence electrons. The molecule has 0 radical (unpaired) electrons. The van der Waals surface area contributed by atoms with Gasteiger partial charge in [0.2, 0.25) is 5.91 Å². The van der Waals surface area contributed by atoms with Crippen molar-refractivity contribution in [2.75, 3.05) is 6.54 Å². The first-order valence-electron chi connectivity index (χ1n) is 6.50. The Morgan fingerprint density at radius 2 is 1.86 bits per heavy atom. The van der Waals surface area contributed by atoms with Gasteiger partial charge in [-0.2, -0.15) is 0 Å². The third-order valence-corrected chi connectivity index (χ3v) is 2.98. The van der Waals surface area contributed by atoms with Crippen molar-refractivity contribution in [2.24, 2.45) is 0 Å². The van der Waals surface area contributed by atoms with Gasteiger partial charge in [0.1, 0.15) is 6.04 Å². The lowest BCUT2D eigenvalue weighted by Crippen LogP contribution is -2.45. The summed E-state index contributed by atoms with van der Waals surface area (Å²) in [5, 5.41) is 14.2. The number of amides is 2. The van der Waals surface area contributed by atoms with Crippen molar-refractivity contribution < 1.29 is 19.5 Å². The molecule has 0 heterocycles. The zero-order chi connectivity index (χ0) is 15.8. The highest BCUT2D eigenvalue weighted by molar-refractivity contribution is 6.30. The van der Waals surface area contributed by atoms with Gasteiger partial charge in [0.15, 0.2) is 0 Å². The summed E-state index contributed by atoms with van der Waals surface area (Å²) in [4.78, 5) is 34.3. The van der Waals surface area contributed by atoms with E-state index in [1.54, 1.807) is 12.1 Å². The van der Waals surface area contributed by atoms with Gasteiger partial charge in [-0.25, -0.2) is 4.79 Å². The van der Waals surface area contributed by atoms with Crippen LogP contribution in [0.3, 0.4) is 0 Å². The highest BCUT2D eigenvalue weighted by Crippen LogP contribution is 2.09. The molecule has 0 aliphatic carbocycles. The van der Waals surface area contributed by atoms with Gasteiger partial charge in [-0.1, -0.05) is 24.9 Å². The number of hydrogen-bond acceptors (Lipinski definition) is 3. The van der Waals surface area contributed by atoms with Crippen LogP contribution in [0.15, 0.2) is 24.3 Å². The van der Waals surface area contributed by atoms with Crippen molar-refractivity contribution in [1.29, 1.82) is 0 Å². The quantitative estimate of drug-likeness (QED) is 0.710. The summed E-state index contributed by atoms with van der Waals surface area (Å²) in [6.07, 6.45) is 0.973. The molecule has 0 unspecified atom stereocenters. The molecular formula is C14H17ClN2O4. The van der Waals surface area contributed by atoms with E-state index in [1.807, 2.05) is 6.92 Å². The fourth-order valence-electron chi connectivity index (χ4n) is 1.66. The summed E-state index contributed by atoms with van der Waals surface area (Å²) in [6, 6.07) is 5.27. The predicted molar refractivity (Wildman–Crippen MR) is 78.3 cm³/mol. The summed E-state index contributed by atoms with van der Waals surface area (Å²) in [7, 11) is 0. The zero-order valence-electron chi connectivity index (χ0n) is 11.6. The van der Waals surface area contributed by atoms with Crippen LogP contribution in [0, 0.1) is 0 Å². The number of benzene rings is 1. The Morgan fingerprint density at radius 1 is 1.24 bits per heavy atom. The van der Waals surface area contributed by atoms with Crippen molar-refractivity contribution in [3.8, 4) is 0 Å². The Labute approximate surface area is 127 Å². The average molecular weight is 313 g/mol. The second kappa shape index (κ2) is 8.26. The first-order chi connectivity index (χ1) is 9.93. The van der Waals surface area contributed by atoms with Gasteiger partial charge in [0.25, 0.3) is 5.91 Å². The molecule has 1 aromatic rings. The van der Waals surface area contributed by atoms with Gasteiger partial charge in [0, 0.05) is 10.6 Å². The van der Waals surface area contributed by atoms with Gasteiger partial charge in [-0.05, 0) is 30.7 Å². The smallest absolute Gasteiger partial charge is 0.326 e. The fourth-order valence-corrected chi connectivity index (χ4v) is 1.78. The monoisotopic (exact) mass is 312 g/mol. The highest BCUT2D eigenvalue weighted by atomic mass is 35.5. The van der Waals surface area contributed by atoms with Crippen LogP contribution >= 0.6 is 11.6 Å². The number of hydrogen-bond donors (Lipinski definition) is 3. The zero-order valence-corrected chi connectivity index (χ0v) is 12.3. The molecule has 6 nitrogen and oxygen atoms in total. The van der Waals surface area contributed by atoms with Crippen LogP contribution in [0.1, 0.15) is 30.1 Å². The largest absolute Gasteiger partial charge is 0.480 e. The molecule has 7 heteroatoms. The summed E-state index contributed by atoms with van der Waals surface area (Å²) in [5.41, 5.74) is 0.371. The number of carbonyl (C=O) groups excluding carboxylic acids is 2. The van der Waals surface area contributed by atoms with Crippen LogP contribution in [0.4, 0.5) is 0 Å². The molecule has 0 fully saturated rings. The van der Waals surface area contributed by atoms with E-state index in [0.29, 0.717) is 23.4 Å². The van der Waals surface area contributed by atoms with Crippen LogP contribution in [0.2, 0.25) is 5.02 Å². The van der Waals surface area contributed by atoms with E-state index in [2.05, 4.69) is 10.6 Å². The van der Waals surface area contributed by atoms with Crippen molar-refractivity contribution >= 4 is 29.4 Å². The van der Waals surface area contributed by atoms with Gasteiger partial charge in [0.05, 0.1) is 6.54 Å². The number of carboxylic acid groups (broad SMARTS) is 1. The van der Waals surface area contributed by atoms with Crippen LogP contribution in [-0.4, -0.2) is 35.5 Å². The molecule has 0 saturated carbocycles. The van der Waals surface area contributed by atoms with E-state index >= 15 is 0 Å². The SMILES string of the molecule is CCC[C@H](NC(=O)CNC(=O)c1ccc(Cl)cc1)C(=O)O. The molecule has 2 amide bonds. The first kappa shape index (κ1) is 17.0. The van der Waals surface area contributed by atoms with E-state index in [9.17, 15) is 14.4 Å². The second-order valence-electron chi connectivity index (χ2n) is 4.44. The van der Waals surface area contributed by atoms with E-state index in [-0.39, 0.29) is 6.54 Å². The molecule has 0 saturated heterocycles. The molecule has 0 bridgehead atoms. The van der Waals surface area contributed by atoms with E-state index in [1.165, 1.54) is 12.1 Å². The minimum atomic E-state index is -1.09. The van der Waals surface area contributed by atoms with Crippen molar-refractivity contribution in [3.05, 3.63) is 34.9 Å². The molecule has 0 spiro atoms. The molecule has 1 rings (SSSR count). The molecule has 0 aromatic heterocycles. The molecule has 0 aliphatic rings. The van der Waals surface area contributed by atoms with Gasteiger partial charge < -0.3 is 15.7 Å². The molecule has 1 aromatic carbocycles. The Morgan fingerprint density at radius 3 is 2.38 bits per heavy atom. The van der Waals surface area contributed by atoms with Crippen LogP contribution in [-0.2, 0) is 9.59 Å².